The Morgan fingerprint density at radius 3 is 2.47 bits per heavy atom. The number of ether oxygens (including phenoxy) is 2. The topological polar surface area (TPSA) is 87.5 Å². The summed E-state index contributed by atoms with van der Waals surface area (Å²) in [7, 11) is 2.84. The molecule has 0 unspecified atom stereocenters. The van der Waals surface area contributed by atoms with Crippen molar-refractivity contribution in [2.45, 2.75) is 11.7 Å². The molecule has 30 heavy (non-hydrogen) atoms. The van der Waals surface area contributed by atoms with E-state index in [0.717, 1.165) is 4.47 Å². The molecule has 1 heterocycles. The molecule has 0 saturated heterocycles. The molecule has 0 saturated carbocycles. The number of ketones is 1. The first-order valence-electron chi connectivity index (χ1n) is 8.98. The SMILES string of the molecule is COCCn1c(SCC(=O)c2ccc(Br)cc2)nc2cc(C(=O)OC)ccc2c1=O. The first kappa shape index (κ1) is 22.2. The van der Waals surface area contributed by atoms with Gasteiger partial charge in [-0.25, -0.2) is 9.78 Å². The van der Waals surface area contributed by atoms with E-state index in [9.17, 15) is 14.4 Å². The Morgan fingerprint density at radius 1 is 1.10 bits per heavy atom. The number of aromatic nitrogens is 2. The molecule has 1 aromatic heterocycles. The van der Waals surface area contributed by atoms with Crippen molar-refractivity contribution < 1.29 is 19.1 Å². The lowest BCUT2D eigenvalue weighted by molar-refractivity contribution is 0.0600. The van der Waals surface area contributed by atoms with Crippen molar-refractivity contribution >= 4 is 50.3 Å². The third kappa shape index (κ3) is 4.97. The number of hydrogen-bond acceptors (Lipinski definition) is 7. The number of esters is 1. The van der Waals surface area contributed by atoms with Crippen LogP contribution in [0.1, 0.15) is 20.7 Å². The summed E-state index contributed by atoms with van der Waals surface area (Å²) in [4.78, 5) is 41.9. The molecule has 3 rings (SSSR count). The van der Waals surface area contributed by atoms with Crippen molar-refractivity contribution in [3.05, 3.63) is 68.4 Å². The van der Waals surface area contributed by atoms with Gasteiger partial charge in [-0.3, -0.25) is 14.2 Å². The summed E-state index contributed by atoms with van der Waals surface area (Å²) in [6, 6.07) is 11.7. The maximum atomic E-state index is 13.0. The van der Waals surface area contributed by atoms with Crippen LogP contribution in [0.15, 0.2) is 56.9 Å². The Kier molecular flexibility index (Phi) is 7.41. The number of thioether (sulfide) groups is 1. The van der Waals surface area contributed by atoms with Gasteiger partial charge in [-0.1, -0.05) is 39.8 Å². The Bertz CT molecular complexity index is 1140. The monoisotopic (exact) mass is 490 g/mol. The van der Waals surface area contributed by atoms with Crippen LogP contribution in [0, 0.1) is 0 Å². The lowest BCUT2D eigenvalue weighted by Crippen LogP contribution is -2.25. The molecular weight excluding hydrogens is 472 g/mol. The Morgan fingerprint density at radius 2 is 1.80 bits per heavy atom. The molecule has 0 spiro atoms. The summed E-state index contributed by atoms with van der Waals surface area (Å²) in [5.41, 5.74) is 0.987. The minimum absolute atomic E-state index is 0.0801. The van der Waals surface area contributed by atoms with Gasteiger partial charge in [-0.05, 0) is 30.3 Å². The second-order valence-corrected chi connectivity index (χ2v) is 8.14. The van der Waals surface area contributed by atoms with Crippen LogP contribution in [0.5, 0.6) is 0 Å². The van der Waals surface area contributed by atoms with Crippen molar-refractivity contribution in [3.63, 3.8) is 0 Å². The minimum atomic E-state index is -0.512. The summed E-state index contributed by atoms with van der Waals surface area (Å²) in [6.45, 7) is 0.618. The smallest absolute Gasteiger partial charge is 0.337 e. The summed E-state index contributed by atoms with van der Waals surface area (Å²) in [5.74, 6) is -0.478. The largest absolute Gasteiger partial charge is 0.465 e. The Labute approximate surface area is 185 Å². The molecule has 0 aliphatic carbocycles. The molecule has 0 fully saturated rings. The number of fused-ring (bicyclic) bond motifs is 1. The van der Waals surface area contributed by atoms with Crippen LogP contribution >= 0.6 is 27.7 Å². The lowest BCUT2D eigenvalue weighted by atomic mass is 10.1. The van der Waals surface area contributed by atoms with Gasteiger partial charge in [0.2, 0.25) is 0 Å². The van der Waals surface area contributed by atoms with Crippen LogP contribution in [0.4, 0.5) is 0 Å². The standard InChI is InChI=1S/C21H19BrN2O5S/c1-28-10-9-24-19(26)16-8-5-14(20(27)29-2)11-17(16)23-21(24)30-12-18(25)13-3-6-15(22)7-4-13/h3-8,11H,9-10,12H2,1-2H3. The van der Waals surface area contributed by atoms with E-state index >= 15 is 0 Å². The first-order chi connectivity index (χ1) is 14.4. The van der Waals surface area contributed by atoms with Crippen molar-refractivity contribution in [2.24, 2.45) is 0 Å². The van der Waals surface area contributed by atoms with Crippen LogP contribution in [0.25, 0.3) is 10.9 Å². The number of carbonyl (C=O) groups is 2. The quantitative estimate of drug-likeness (QED) is 0.206. The molecule has 0 radical (unpaired) electrons. The maximum absolute atomic E-state index is 13.0. The van der Waals surface area contributed by atoms with E-state index in [1.807, 2.05) is 0 Å². The molecule has 156 valence electrons. The fourth-order valence-electron chi connectivity index (χ4n) is 2.78. The molecule has 0 N–H and O–H groups in total. The third-order valence-electron chi connectivity index (χ3n) is 4.36. The van der Waals surface area contributed by atoms with Crippen LogP contribution in [-0.2, 0) is 16.0 Å². The molecule has 0 aliphatic heterocycles. The number of hydrogen-bond donors (Lipinski definition) is 0. The highest BCUT2D eigenvalue weighted by molar-refractivity contribution is 9.10. The summed E-state index contributed by atoms with van der Waals surface area (Å²) in [5, 5.41) is 0.763. The van der Waals surface area contributed by atoms with E-state index < -0.39 is 5.97 Å². The predicted octanol–water partition coefficient (Wildman–Crippen LogP) is 3.57. The van der Waals surface area contributed by atoms with Gasteiger partial charge in [0.1, 0.15) is 0 Å². The molecule has 0 atom stereocenters. The average molecular weight is 491 g/mol. The molecule has 0 bridgehead atoms. The zero-order valence-corrected chi connectivity index (χ0v) is 18.8. The second-order valence-electron chi connectivity index (χ2n) is 6.29. The van der Waals surface area contributed by atoms with Gasteiger partial charge in [0.15, 0.2) is 10.9 Å². The molecular formula is C21H19BrN2O5S. The summed E-state index contributed by atoms with van der Waals surface area (Å²) >= 11 is 4.52. The molecule has 0 amide bonds. The van der Waals surface area contributed by atoms with Crippen LogP contribution in [0.2, 0.25) is 0 Å². The average Bonchev–Trinajstić information content (AvgIpc) is 2.76. The van der Waals surface area contributed by atoms with E-state index in [1.165, 1.54) is 35.6 Å². The number of methoxy groups -OCH3 is 2. The van der Waals surface area contributed by atoms with Crippen LogP contribution in [-0.4, -0.2) is 47.9 Å². The number of carbonyl (C=O) groups excluding carboxylic acids is 2. The van der Waals surface area contributed by atoms with E-state index in [0.29, 0.717) is 40.3 Å². The van der Waals surface area contributed by atoms with Gasteiger partial charge >= 0.3 is 5.97 Å². The molecule has 7 nitrogen and oxygen atoms in total. The predicted molar refractivity (Wildman–Crippen MR) is 118 cm³/mol. The van der Waals surface area contributed by atoms with Crippen LogP contribution in [0.3, 0.4) is 0 Å². The fourth-order valence-corrected chi connectivity index (χ4v) is 3.97. The normalized spacial score (nSPS) is 10.9. The fraction of sp³-hybridized carbons (Fsp3) is 0.238. The number of benzene rings is 2. The highest BCUT2D eigenvalue weighted by atomic mass is 79.9. The first-order valence-corrected chi connectivity index (χ1v) is 10.8. The van der Waals surface area contributed by atoms with Crippen molar-refractivity contribution in [1.29, 1.82) is 0 Å². The molecule has 3 aromatic rings. The molecule has 2 aromatic carbocycles. The number of rotatable bonds is 8. The zero-order valence-electron chi connectivity index (χ0n) is 16.4. The van der Waals surface area contributed by atoms with Gasteiger partial charge in [0, 0.05) is 17.1 Å². The number of nitrogens with zero attached hydrogens (tertiary/aromatic N) is 2. The van der Waals surface area contributed by atoms with Gasteiger partial charge in [0.05, 0.1) is 42.5 Å². The highest BCUT2D eigenvalue weighted by Gasteiger charge is 2.16. The molecule has 0 aliphatic rings. The number of Topliss-reactive ketones (excluding diaryl/α,β-unsaturated/α-hetero) is 1. The number of halogens is 1. The lowest BCUT2D eigenvalue weighted by Gasteiger charge is -2.13. The summed E-state index contributed by atoms with van der Waals surface area (Å²) < 4.78 is 12.2. The van der Waals surface area contributed by atoms with Crippen LogP contribution < -0.4 is 5.56 Å². The maximum Gasteiger partial charge on any atom is 0.337 e. The van der Waals surface area contributed by atoms with Gasteiger partial charge in [0.25, 0.3) is 5.56 Å². The molecule has 9 heteroatoms. The minimum Gasteiger partial charge on any atom is -0.465 e. The van der Waals surface area contributed by atoms with Crippen molar-refractivity contribution in [2.75, 3.05) is 26.6 Å². The van der Waals surface area contributed by atoms with Crippen molar-refractivity contribution in [3.8, 4) is 0 Å². The Balaban J connectivity index is 1.96. The van der Waals surface area contributed by atoms with Gasteiger partial charge in [-0.2, -0.15) is 0 Å². The van der Waals surface area contributed by atoms with Crippen molar-refractivity contribution in [1.82, 2.24) is 9.55 Å². The van der Waals surface area contributed by atoms with E-state index in [2.05, 4.69) is 20.9 Å². The van der Waals surface area contributed by atoms with E-state index in [1.54, 1.807) is 37.4 Å². The van der Waals surface area contributed by atoms with E-state index in [4.69, 9.17) is 9.47 Å². The highest BCUT2D eigenvalue weighted by Crippen LogP contribution is 2.21. The second kappa shape index (κ2) is 10.0. The zero-order chi connectivity index (χ0) is 21.7. The van der Waals surface area contributed by atoms with Gasteiger partial charge < -0.3 is 9.47 Å². The third-order valence-corrected chi connectivity index (χ3v) is 5.86. The Hall–Kier alpha value is -2.49. The van der Waals surface area contributed by atoms with Gasteiger partial charge in [-0.15, -0.1) is 0 Å². The van der Waals surface area contributed by atoms with E-state index in [-0.39, 0.29) is 17.1 Å². The summed E-state index contributed by atoms with van der Waals surface area (Å²) in [6.07, 6.45) is 0.